The van der Waals surface area contributed by atoms with Gasteiger partial charge in [-0.25, -0.2) is 5.43 Å². The van der Waals surface area contributed by atoms with Crippen molar-refractivity contribution in [3.05, 3.63) is 62.5 Å². The molecule has 0 saturated carbocycles. The SMILES string of the molecule is O=C(N/N=C\c1cccc(Br)c1)c1cc(-c2ccc(Cl)s2)[nH]n1. The van der Waals surface area contributed by atoms with Gasteiger partial charge in [0.15, 0.2) is 5.69 Å². The second-order valence-electron chi connectivity index (χ2n) is 4.52. The molecule has 0 aliphatic heterocycles. The van der Waals surface area contributed by atoms with Crippen molar-refractivity contribution < 1.29 is 4.79 Å². The average Bonchev–Trinajstić information content (AvgIpc) is 3.16. The average molecular weight is 410 g/mol. The number of nitrogens with zero attached hydrogens (tertiary/aromatic N) is 2. The topological polar surface area (TPSA) is 70.1 Å². The molecular weight excluding hydrogens is 400 g/mol. The zero-order valence-corrected chi connectivity index (χ0v) is 14.7. The third kappa shape index (κ3) is 4.07. The zero-order valence-electron chi connectivity index (χ0n) is 11.6. The molecule has 2 heterocycles. The third-order valence-corrected chi connectivity index (χ3v) is 4.64. The van der Waals surface area contributed by atoms with E-state index >= 15 is 0 Å². The molecule has 3 aromatic rings. The van der Waals surface area contributed by atoms with Crippen LogP contribution in [-0.4, -0.2) is 22.3 Å². The van der Waals surface area contributed by atoms with Crippen LogP contribution in [0.2, 0.25) is 4.34 Å². The van der Waals surface area contributed by atoms with E-state index in [1.165, 1.54) is 11.3 Å². The second-order valence-corrected chi connectivity index (χ2v) is 7.16. The van der Waals surface area contributed by atoms with Crippen molar-refractivity contribution in [2.45, 2.75) is 0 Å². The number of halogens is 2. The van der Waals surface area contributed by atoms with E-state index in [4.69, 9.17) is 11.6 Å². The van der Waals surface area contributed by atoms with Crippen molar-refractivity contribution in [1.82, 2.24) is 15.6 Å². The Morgan fingerprint density at radius 1 is 1.35 bits per heavy atom. The molecule has 1 amide bonds. The summed E-state index contributed by atoms with van der Waals surface area (Å²) in [6.07, 6.45) is 1.56. The molecule has 23 heavy (non-hydrogen) atoms. The molecule has 0 spiro atoms. The fourth-order valence-corrected chi connectivity index (χ4v) is 3.26. The summed E-state index contributed by atoms with van der Waals surface area (Å²) in [5, 5.41) is 10.7. The minimum absolute atomic E-state index is 0.260. The van der Waals surface area contributed by atoms with Crippen molar-refractivity contribution in [3.8, 4) is 10.6 Å². The highest BCUT2D eigenvalue weighted by Crippen LogP contribution is 2.29. The summed E-state index contributed by atoms with van der Waals surface area (Å²) in [6.45, 7) is 0. The van der Waals surface area contributed by atoms with E-state index in [0.717, 1.165) is 20.6 Å². The molecule has 0 atom stereocenters. The monoisotopic (exact) mass is 408 g/mol. The van der Waals surface area contributed by atoms with Gasteiger partial charge in [0.05, 0.1) is 21.1 Å². The van der Waals surface area contributed by atoms with Crippen LogP contribution in [0.25, 0.3) is 10.6 Å². The van der Waals surface area contributed by atoms with Gasteiger partial charge >= 0.3 is 0 Å². The molecule has 116 valence electrons. The number of benzene rings is 1. The van der Waals surface area contributed by atoms with Crippen molar-refractivity contribution in [2.24, 2.45) is 5.10 Å². The highest BCUT2D eigenvalue weighted by atomic mass is 79.9. The van der Waals surface area contributed by atoms with Gasteiger partial charge in [-0.05, 0) is 35.9 Å². The lowest BCUT2D eigenvalue weighted by Crippen LogP contribution is -2.17. The first-order chi connectivity index (χ1) is 11.1. The first-order valence-corrected chi connectivity index (χ1v) is 8.50. The number of thiophene rings is 1. The predicted octanol–water partition coefficient (Wildman–Crippen LogP) is 4.32. The summed E-state index contributed by atoms with van der Waals surface area (Å²) in [5.41, 5.74) is 4.32. The van der Waals surface area contributed by atoms with E-state index in [-0.39, 0.29) is 11.6 Å². The number of carbonyl (C=O) groups is 1. The lowest BCUT2D eigenvalue weighted by atomic mass is 10.2. The van der Waals surface area contributed by atoms with E-state index in [1.54, 1.807) is 18.3 Å². The van der Waals surface area contributed by atoms with Crippen LogP contribution in [0.4, 0.5) is 0 Å². The first-order valence-electron chi connectivity index (χ1n) is 6.52. The van der Waals surface area contributed by atoms with Crippen molar-refractivity contribution in [2.75, 3.05) is 0 Å². The molecule has 5 nitrogen and oxygen atoms in total. The number of amides is 1. The Hall–Kier alpha value is -1.96. The highest BCUT2D eigenvalue weighted by molar-refractivity contribution is 9.10. The lowest BCUT2D eigenvalue weighted by Gasteiger charge is -1.96. The summed E-state index contributed by atoms with van der Waals surface area (Å²) in [5.74, 6) is -0.388. The third-order valence-electron chi connectivity index (χ3n) is 2.88. The van der Waals surface area contributed by atoms with Gasteiger partial charge < -0.3 is 0 Å². The first kappa shape index (κ1) is 15.9. The lowest BCUT2D eigenvalue weighted by molar-refractivity contribution is 0.0950. The van der Waals surface area contributed by atoms with Crippen LogP contribution in [0.3, 0.4) is 0 Å². The highest BCUT2D eigenvalue weighted by Gasteiger charge is 2.11. The van der Waals surface area contributed by atoms with E-state index < -0.39 is 0 Å². The Morgan fingerprint density at radius 2 is 2.22 bits per heavy atom. The Bertz CT molecular complexity index is 874. The van der Waals surface area contributed by atoms with Gasteiger partial charge in [0.1, 0.15) is 0 Å². The number of H-pyrrole nitrogens is 1. The van der Waals surface area contributed by atoms with E-state index in [0.29, 0.717) is 4.34 Å². The van der Waals surface area contributed by atoms with Gasteiger partial charge in [-0.2, -0.15) is 10.2 Å². The molecule has 0 radical (unpaired) electrons. The molecule has 0 saturated heterocycles. The van der Waals surface area contributed by atoms with Gasteiger partial charge in [0.2, 0.25) is 0 Å². The molecule has 2 aromatic heterocycles. The number of hydrazone groups is 1. The molecule has 0 aliphatic carbocycles. The molecule has 0 fully saturated rings. The number of rotatable bonds is 4. The molecule has 0 unspecified atom stereocenters. The Morgan fingerprint density at radius 3 is 2.96 bits per heavy atom. The van der Waals surface area contributed by atoms with E-state index in [1.807, 2.05) is 30.3 Å². The minimum atomic E-state index is -0.388. The molecular formula is C15H10BrClN4OS. The summed E-state index contributed by atoms with van der Waals surface area (Å²) >= 11 is 10.7. The predicted molar refractivity (Wildman–Crippen MR) is 96.1 cm³/mol. The van der Waals surface area contributed by atoms with Crippen molar-refractivity contribution in [3.63, 3.8) is 0 Å². The molecule has 8 heteroatoms. The number of hydrogen-bond donors (Lipinski definition) is 2. The fourth-order valence-electron chi connectivity index (χ4n) is 1.83. The van der Waals surface area contributed by atoms with Crippen LogP contribution >= 0.6 is 38.9 Å². The normalized spacial score (nSPS) is 11.0. The molecule has 0 aliphatic rings. The largest absolute Gasteiger partial charge is 0.291 e. The molecule has 3 rings (SSSR count). The number of hydrogen-bond acceptors (Lipinski definition) is 4. The van der Waals surface area contributed by atoms with Crippen LogP contribution < -0.4 is 5.43 Å². The minimum Gasteiger partial charge on any atom is -0.276 e. The van der Waals surface area contributed by atoms with Gasteiger partial charge in [-0.15, -0.1) is 11.3 Å². The standard InChI is InChI=1S/C15H10BrClN4OS/c16-10-3-1-2-9(6-10)8-18-21-15(22)12-7-11(19-20-12)13-4-5-14(17)23-13/h1-8H,(H,19,20)(H,21,22)/b18-8-. The zero-order chi connectivity index (χ0) is 16.2. The molecule has 2 N–H and O–H groups in total. The van der Waals surface area contributed by atoms with Crippen LogP contribution in [0, 0.1) is 0 Å². The smallest absolute Gasteiger partial charge is 0.276 e. The van der Waals surface area contributed by atoms with Crippen molar-refractivity contribution in [1.29, 1.82) is 0 Å². The van der Waals surface area contributed by atoms with Gasteiger partial charge in [0, 0.05) is 4.47 Å². The maximum atomic E-state index is 12.0. The maximum Gasteiger partial charge on any atom is 0.291 e. The van der Waals surface area contributed by atoms with Gasteiger partial charge in [-0.3, -0.25) is 9.89 Å². The second kappa shape index (κ2) is 7.08. The van der Waals surface area contributed by atoms with E-state index in [9.17, 15) is 4.79 Å². The summed E-state index contributed by atoms with van der Waals surface area (Å²) in [4.78, 5) is 12.9. The van der Waals surface area contributed by atoms with Crippen molar-refractivity contribution >= 4 is 51.0 Å². The van der Waals surface area contributed by atoms with Crippen LogP contribution in [0.5, 0.6) is 0 Å². The van der Waals surface area contributed by atoms with Crippen LogP contribution in [0.1, 0.15) is 16.1 Å². The Balaban J connectivity index is 1.66. The summed E-state index contributed by atoms with van der Waals surface area (Å²) < 4.78 is 1.62. The summed E-state index contributed by atoms with van der Waals surface area (Å²) in [7, 11) is 0. The molecule has 0 bridgehead atoms. The number of nitrogens with one attached hydrogen (secondary N) is 2. The quantitative estimate of drug-likeness (QED) is 0.498. The van der Waals surface area contributed by atoms with E-state index in [2.05, 4.69) is 36.7 Å². The van der Waals surface area contributed by atoms with Gasteiger partial charge in [-0.1, -0.05) is 39.7 Å². The maximum absolute atomic E-state index is 12.0. The molecule has 1 aromatic carbocycles. The van der Waals surface area contributed by atoms with Gasteiger partial charge in [0.25, 0.3) is 5.91 Å². The van der Waals surface area contributed by atoms with Crippen LogP contribution in [-0.2, 0) is 0 Å². The summed E-state index contributed by atoms with van der Waals surface area (Å²) in [6, 6.07) is 12.9. The van der Waals surface area contributed by atoms with Crippen LogP contribution in [0.15, 0.2) is 52.0 Å². The Kier molecular flexibility index (Phi) is 4.90. The fraction of sp³-hybridized carbons (Fsp3) is 0. The Labute approximate surface area is 149 Å². The number of carbonyl (C=O) groups excluding carboxylic acids is 1. The number of aromatic nitrogens is 2. The number of aromatic amines is 1.